The highest BCUT2D eigenvalue weighted by Gasteiger charge is 2.73. The third kappa shape index (κ3) is 8.06. The number of rotatable bonds is 9. The largest absolute Gasteiger partial charge is 0.444 e. The fourth-order valence-corrected chi connectivity index (χ4v) is 9.30. The molecule has 1 atom stereocenters. The van der Waals surface area contributed by atoms with Crippen molar-refractivity contribution in [1.82, 2.24) is 9.80 Å². The van der Waals surface area contributed by atoms with Crippen molar-refractivity contribution < 1.29 is 72.1 Å². The number of likely N-dealkylation sites (tertiary alicyclic amines) is 2. The summed E-state index contributed by atoms with van der Waals surface area (Å²) >= 11 is 0. The van der Waals surface area contributed by atoms with E-state index in [-0.39, 0.29) is 38.0 Å². The average Bonchev–Trinajstić information content (AvgIpc) is 3.59. The second-order valence-corrected chi connectivity index (χ2v) is 17.3. The lowest BCUT2D eigenvalue weighted by Crippen LogP contribution is -2.56. The van der Waals surface area contributed by atoms with E-state index in [4.69, 9.17) is 4.74 Å². The minimum atomic E-state index is -6.28. The predicted molar refractivity (Wildman–Crippen MR) is 184 cm³/mol. The number of amides is 2. The number of carbonyl (C=O) groups is 2. The molecule has 0 spiro atoms. The van der Waals surface area contributed by atoms with Crippen LogP contribution in [0.2, 0.25) is 0 Å². The monoisotopic (exact) mass is 838 g/mol. The highest BCUT2D eigenvalue weighted by atomic mass is 32.2. The number of piperidine rings is 1. The van der Waals surface area contributed by atoms with Crippen molar-refractivity contribution in [3.63, 3.8) is 0 Å². The maximum Gasteiger partial charge on any atom is 0.430 e. The van der Waals surface area contributed by atoms with Gasteiger partial charge in [0.15, 0.2) is 9.84 Å². The molecule has 2 heterocycles. The van der Waals surface area contributed by atoms with Crippen LogP contribution in [0.5, 0.6) is 0 Å². The van der Waals surface area contributed by atoms with Gasteiger partial charge in [0, 0.05) is 37.3 Å². The van der Waals surface area contributed by atoms with E-state index in [2.05, 4.69) is 4.74 Å². The molecule has 2 aliphatic heterocycles. The Morgan fingerprint density at radius 1 is 0.772 bits per heavy atom. The molecule has 19 heteroatoms. The number of ether oxygens (including phenoxy) is 2. The van der Waals surface area contributed by atoms with E-state index in [1.165, 1.54) is 4.90 Å². The summed E-state index contributed by atoms with van der Waals surface area (Å²) < 4.78 is 167. The standard InChI is InChI=1S/C38H39F9N2O7S/c1-33(2,3)56-32(52)48-18-15-34(23-50,16-19-48)31(51)49-20-17-35(22-49,57(53,54)27-13-11-26(39)12-14-27)24-7-9-25(10-8-24)36(37(42,43)44,38(45,46)47)55-21-28-29(40)5-4-6-30(28)41/h4-14,50H,15-23H2,1-3H3. The molecule has 5 rings (SSSR count). The molecule has 9 nitrogen and oxygen atoms in total. The number of aliphatic hydroxyl groups excluding tert-OH is 1. The zero-order valence-corrected chi connectivity index (χ0v) is 31.6. The first-order valence-electron chi connectivity index (χ1n) is 17.5. The molecule has 312 valence electrons. The van der Waals surface area contributed by atoms with Crippen molar-refractivity contribution in [2.24, 2.45) is 5.41 Å². The smallest absolute Gasteiger partial charge is 0.430 e. The van der Waals surface area contributed by atoms with Crippen LogP contribution in [-0.4, -0.2) is 86.1 Å². The molecule has 3 aromatic rings. The van der Waals surface area contributed by atoms with Crippen molar-refractivity contribution >= 4 is 21.8 Å². The zero-order valence-electron chi connectivity index (χ0n) is 30.8. The van der Waals surface area contributed by atoms with E-state index in [1.54, 1.807) is 20.8 Å². The van der Waals surface area contributed by atoms with Gasteiger partial charge in [-0.25, -0.2) is 26.4 Å². The molecule has 2 aliphatic rings. The van der Waals surface area contributed by atoms with Crippen LogP contribution >= 0.6 is 0 Å². The first-order chi connectivity index (χ1) is 26.3. The summed E-state index contributed by atoms with van der Waals surface area (Å²) in [6, 6.07) is 7.65. The van der Waals surface area contributed by atoms with E-state index in [9.17, 15) is 62.6 Å². The fraction of sp³-hybridized carbons (Fsp3) is 0.474. The van der Waals surface area contributed by atoms with Gasteiger partial charge in [-0.3, -0.25) is 4.79 Å². The number of alkyl halides is 6. The van der Waals surface area contributed by atoms with Crippen molar-refractivity contribution in [2.75, 3.05) is 32.8 Å². The third-order valence-corrected chi connectivity index (χ3v) is 12.9. The Morgan fingerprint density at radius 2 is 1.30 bits per heavy atom. The number of hydrogen-bond acceptors (Lipinski definition) is 7. The summed E-state index contributed by atoms with van der Waals surface area (Å²) in [4.78, 5) is 28.9. The highest BCUT2D eigenvalue weighted by molar-refractivity contribution is 7.92. The van der Waals surface area contributed by atoms with Crippen LogP contribution in [0, 0.1) is 22.9 Å². The third-order valence-electron chi connectivity index (χ3n) is 10.4. The number of halogens is 9. The Kier molecular flexibility index (Phi) is 11.8. The first kappa shape index (κ1) is 43.8. The van der Waals surface area contributed by atoms with Gasteiger partial charge in [0.2, 0.25) is 5.91 Å². The molecule has 0 radical (unpaired) electrons. The Hall–Kier alpha value is -4.36. The van der Waals surface area contributed by atoms with E-state index >= 15 is 0 Å². The Morgan fingerprint density at radius 3 is 1.79 bits per heavy atom. The number of benzene rings is 3. The van der Waals surface area contributed by atoms with Crippen LogP contribution in [0.3, 0.4) is 0 Å². The summed E-state index contributed by atoms with van der Waals surface area (Å²) in [6.07, 6.45) is -13.8. The van der Waals surface area contributed by atoms with Gasteiger partial charge in [0.25, 0.3) is 5.60 Å². The van der Waals surface area contributed by atoms with Gasteiger partial charge in [-0.15, -0.1) is 0 Å². The van der Waals surface area contributed by atoms with Crippen molar-refractivity contribution in [1.29, 1.82) is 0 Å². The van der Waals surface area contributed by atoms with Gasteiger partial charge >= 0.3 is 18.4 Å². The van der Waals surface area contributed by atoms with Crippen molar-refractivity contribution in [3.8, 4) is 0 Å². The molecule has 0 saturated carbocycles. The highest BCUT2D eigenvalue weighted by Crippen LogP contribution is 2.54. The minimum Gasteiger partial charge on any atom is -0.444 e. The zero-order chi connectivity index (χ0) is 42.4. The first-order valence-corrected chi connectivity index (χ1v) is 19.0. The Labute approximate surface area is 322 Å². The van der Waals surface area contributed by atoms with Gasteiger partial charge in [-0.2, -0.15) is 26.3 Å². The quantitative estimate of drug-likeness (QED) is 0.175. The Balaban J connectivity index is 1.54. The molecule has 0 aromatic heterocycles. The molecular formula is C38H39F9N2O7S. The number of hydrogen-bond donors (Lipinski definition) is 1. The van der Waals surface area contributed by atoms with E-state index in [1.807, 2.05) is 0 Å². The van der Waals surface area contributed by atoms with Gasteiger partial charge in [0.05, 0.1) is 23.5 Å². The summed E-state index contributed by atoms with van der Waals surface area (Å²) in [5.74, 6) is -4.45. The van der Waals surface area contributed by atoms with Crippen molar-refractivity contribution in [2.45, 2.75) is 79.8 Å². The lowest BCUT2D eigenvalue weighted by molar-refractivity contribution is -0.392. The Bertz CT molecular complexity index is 2030. The van der Waals surface area contributed by atoms with E-state index in [0.29, 0.717) is 36.4 Å². The molecule has 1 N–H and O–H groups in total. The second-order valence-electron chi connectivity index (χ2n) is 15.1. The second kappa shape index (κ2) is 15.4. The fourth-order valence-electron chi connectivity index (χ4n) is 7.22. The topological polar surface area (TPSA) is 113 Å². The predicted octanol–water partition coefficient (Wildman–Crippen LogP) is 7.55. The normalized spacial score (nSPS) is 19.5. The van der Waals surface area contributed by atoms with Gasteiger partial charge in [0.1, 0.15) is 27.8 Å². The van der Waals surface area contributed by atoms with Crippen LogP contribution in [0.1, 0.15) is 56.7 Å². The molecule has 57 heavy (non-hydrogen) atoms. The maximum absolute atomic E-state index is 14.7. The van der Waals surface area contributed by atoms with Gasteiger partial charge in [-0.05, 0) is 82.0 Å². The maximum atomic E-state index is 14.7. The summed E-state index contributed by atoms with van der Waals surface area (Å²) in [5.41, 5.74) is -10.6. The molecule has 1 unspecified atom stereocenters. The van der Waals surface area contributed by atoms with Crippen molar-refractivity contribution in [3.05, 3.63) is 101 Å². The van der Waals surface area contributed by atoms with Crippen LogP contribution in [0.4, 0.5) is 44.3 Å². The number of carbonyl (C=O) groups excluding carboxylic acids is 2. The SMILES string of the molecule is CC(C)(C)OC(=O)N1CCC(CO)(C(=O)N2CCC(c3ccc(C(OCc4c(F)cccc4F)(C(F)(F)F)C(F)(F)F)cc3)(S(=O)(=O)c3ccc(F)cc3)C2)CC1. The van der Waals surface area contributed by atoms with E-state index in [0.717, 1.165) is 35.2 Å². The average molecular weight is 839 g/mol. The molecule has 3 aromatic carbocycles. The molecular weight excluding hydrogens is 799 g/mol. The number of sulfone groups is 1. The molecule has 2 saturated heterocycles. The lowest BCUT2D eigenvalue weighted by Gasteiger charge is -2.42. The molecule has 0 bridgehead atoms. The van der Waals surface area contributed by atoms with Crippen LogP contribution in [0.25, 0.3) is 0 Å². The van der Waals surface area contributed by atoms with E-state index < -0.39 is 115 Å². The summed E-state index contributed by atoms with van der Waals surface area (Å²) in [7, 11) is -4.74. The molecule has 2 fully saturated rings. The summed E-state index contributed by atoms with van der Waals surface area (Å²) in [6.45, 7) is 1.47. The van der Waals surface area contributed by atoms with Crippen LogP contribution < -0.4 is 0 Å². The summed E-state index contributed by atoms with van der Waals surface area (Å²) in [5, 5.41) is 10.5. The van der Waals surface area contributed by atoms with Crippen LogP contribution in [0.15, 0.2) is 71.6 Å². The van der Waals surface area contributed by atoms with Gasteiger partial charge in [-0.1, -0.05) is 30.3 Å². The number of aliphatic hydroxyl groups is 1. The van der Waals surface area contributed by atoms with Crippen LogP contribution in [-0.2, 0) is 41.1 Å². The lowest BCUT2D eigenvalue weighted by atomic mass is 9.77. The number of nitrogens with zero attached hydrogens (tertiary/aromatic N) is 2. The molecule has 0 aliphatic carbocycles. The van der Waals surface area contributed by atoms with Gasteiger partial charge < -0.3 is 24.4 Å². The molecule has 2 amide bonds. The minimum absolute atomic E-state index is 0.0126.